The first kappa shape index (κ1) is 14.4. The third-order valence-electron chi connectivity index (χ3n) is 2.70. The Morgan fingerprint density at radius 2 is 2.20 bits per heavy atom. The predicted octanol–water partition coefficient (Wildman–Crippen LogP) is 3.74. The molecule has 1 aromatic heterocycles. The fourth-order valence-corrected chi connectivity index (χ4v) is 2.12. The van der Waals surface area contributed by atoms with Crippen LogP contribution in [-0.2, 0) is 6.54 Å². The molecule has 0 unspecified atom stereocenters. The Hall–Kier alpha value is -2.02. The highest BCUT2D eigenvalue weighted by molar-refractivity contribution is 6.31. The highest BCUT2D eigenvalue weighted by Gasteiger charge is 2.32. The van der Waals surface area contributed by atoms with Crippen molar-refractivity contribution in [1.29, 1.82) is 0 Å². The number of halogens is 3. The first-order valence-corrected chi connectivity index (χ1v) is 6.02. The standard InChI is InChI=1S/C12H10ClF2N3O2/c1-7-3-2-4-8(5-7)6-17-11(13)10(18(19)20)9(16-17)12(14)15/h2-5,12H,6H2,1H3. The van der Waals surface area contributed by atoms with E-state index < -0.39 is 27.9 Å². The van der Waals surface area contributed by atoms with Crippen molar-refractivity contribution in [3.8, 4) is 0 Å². The van der Waals surface area contributed by atoms with Crippen molar-refractivity contribution >= 4 is 17.3 Å². The maximum absolute atomic E-state index is 12.7. The number of benzene rings is 1. The van der Waals surface area contributed by atoms with Crippen molar-refractivity contribution in [2.24, 2.45) is 0 Å². The maximum Gasteiger partial charge on any atom is 0.335 e. The van der Waals surface area contributed by atoms with Gasteiger partial charge in [-0.1, -0.05) is 41.4 Å². The topological polar surface area (TPSA) is 61.0 Å². The maximum atomic E-state index is 12.7. The Morgan fingerprint density at radius 1 is 1.50 bits per heavy atom. The molecule has 0 amide bonds. The third-order valence-corrected chi connectivity index (χ3v) is 3.07. The van der Waals surface area contributed by atoms with Crippen molar-refractivity contribution in [3.05, 3.63) is 56.4 Å². The van der Waals surface area contributed by atoms with E-state index in [1.54, 1.807) is 12.1 Å². The number of nitro groups is 1. The van der Waals surface area contributed by atoms with Gasteiger partial charge in [-0.25, -0.2) is 13.5 Å². The quantitative estimate of drug-likeness (QED) is 0.638. The summed E-state index contributed by atoms with van der Waals surface area (Å²) in [5.74, 6) is 0. The molecule has 0 spiro atoms. The summed E-state index contributed by atoms with van der Waals surface area (Å²) in [6.45, 7) is 1.97. The molecular formula is C12H10ClF2N3O2. The van der Waals surface area contributed by atoms with Gasteiger partial charge in [0.25, 0.3) is 6.43 Å². The largest absolute Gasteiger partial charge is 0.335 e. The van der Waals surface area contributed by atoms with Crippen LogP contribution in [0.5, 0.6) is 0 Å². The van der Waals surface area contributed by atoms with Gasteiger partial charge in [0.1, 0.15) is 0 Å². The Bertz CT molecular complexity index is 658. The van der Waals surface area contributed by atoms with Crippen molar-refractivity contribution in [2.45, 2.75) is 19.9 Å². The summed E-state index contributed by atoms with van der Waals surface area (Å²) in [4.78, 5) is 9.86. The molecule has 0 N–H and O–H groups in total. The second-order valence-electron chi connectivity index (χ2n) is 4.23. The fraction of sp³-hybridized carbons (Fsp3) is 0.250. The summed E-state index contributed by atoms with van der Waals surface area (Å²) in [6.07, 6.45) is -3.05. The minimum Gasteiger partial charge on any atom is -0.258 e. The van der Waals surface area contributed by atoms with Gasteiger partial charge in [-0.2, -0.15) is 5.10 Å². The molecule has 0 atom stereocenters. The van der Waals surface area contributed by atoms with Gasteiger partial charge in [-0.05, 0) is 12.5 Å². The van der Waals surface area contributed by atoms with Gasteiger partial charge < -0.3 is 0 Å². The summed E-state index contributed by atoms with van der Waals surface area (Å²) in [7, 11) is 0. The minimum atomic E-state index is -3.05. The zero-order chi connectivity index (χ0) is 14.9. The smallest absolute Gasteiger partial charge is 0.258 e. The first-order chi connectivity index (χ1) is 9.40. The average molecular weight is 302 g/mol. The van der Waals surface area contributed by atoms with E-state index in [0.717, 1.165) is 15.8 Å². The molecule has 1 heterocycles. The van der Waals surface area contributed by atoms with E-state index >= 15 is 0 Å². The van der Waals surface area contributed by atoms with Gasteiger partial charge in [0.05, 0.1) is 11.5 Å². The van der Waals surface area contributed by atoms with Crippen LogP contribution in [0, 0.1) is 17.0 Å². The molecule has 0 aliphatic carbocycles. The van der Waals surface area contributed by atoms with E-state index in [4.69, 9.17) is 11.6 Å². The summed E-state index contributed by atoms with van der Waals surface area (Å²) in [5, 5.41) is 14.0. The molecular weight excluding hydrogens is 292 g/mol. The number of nitrogens with zero attached hydrogens (tertiary/aromatic N) is 3. The number of aromatic nitrogens is 2. The van der Waals surface area contributed by atoms with Gasteiger partial charge in [0.15, 0.2) is 0 Å². The lowest BCUT2D eigenvalue weighted by Crippen LogP contribution is -2.02. The summed E-state index contributed by atoms with van der Waals surface area (Å²) >= 11 is 5.78. The normalized spacial score (nSPS) is 11.1. The van der Waals surface area contributed by atoms with E-state index in [1.165, 1.54) is 0 Å². The summed E-state index contributed by atoms with van der Waals surface area (Å²) in [5.41, 5.74) is 0.00134. The molecule has 0 saturated heterocycles. The van der Waals surface area contributed by atoms with Gasteiger partial charge in [-0.3, -0.25) is 10.1 Å². The van der Waals surface area contributed by atoms with E-state index in [2.05, 4.69) is 5.10 Å². The molecule has 0 aliphatic rings. The van der Waals surface area contributed by atoms with Crippen LogP contribution in [0.15, 0.2) is 24.3 Å². The van der Waals surface area contributed by atoms with Gasteiger partial charge >= 0.3 is 5.69 Å². The average Bonchev–Trinajstić information content (AvgIpc) is 2.67. The lowest BCUT2D eigenvalue weighted by Gasteiger charge is -2.03. The fourth-order valence-electron chi connectivity index (χ4n) is 1.85. The summed E-state index contributed by atoms with van der Waals surface area (Å²) < 4.78 is 26.5. The zero-order valence-corrected chi connectivity index (χ0v) is 11.1. The van der Waals surface area contributed by atoms with Crippen molar-refractivity contribution in [2.75, 3.05) is 0 Å². The lowest BCUT2D eigenvalue weighted by molar-refractivity contribution is -0.386. The Kier molecular flexibility index (Phi) is 3.99. The Labute approximate surface area is 117 Å². The van der Waals surface area contributed by atoms with E-state index in [-0.39, 0.29) is 6.54 Å². The zero-order valence-electron chi connectivity index (χ0n) is 10.4. The molecule has 8 heteroatoms. The molecule has 0 fully saturated rings. The predicted molar refractivity (Wildman–Crippen MR) is 69.1 cm³/mol. The molecule has 5 nitrogen and oxygen atoms in total. The van der Waals surface area contributed by atoms with E-state index in [1.807, 2.05) is 19.1 Å². The van der Waals surface area contributed by atoms with Crippen LogP contribution in [0.4, 0.5) is 14.5 Å². The number of aryl methyl sites for hydroxylation is 1. The molecule has 2 rings (SSSR count). The molecule has 106 valence electrons. The Morgan fingerprint density at radius 3 is 2.70 bits per heavy atom. The van der Waals surface area contributed by atoms with Crippen LogP contribution in [0.25, 0.3) is 0 Å². The molecule has 0 radical (unpaired) electrons. The van der Waals surface area contributed by atoms with E-state index in [9.17, 15) is 18.9 Å². The number of rotatable bonds is 4. The molecule has 0 bridgehead atoms. The Balaban J connectivity index is 2.43. The third kappa shape index (κ3) is 2.77. The second-order valence-corrected chi connectivity index (χ2v) is 4.59. The van der Waals surface area contributed by atoms with Crippen LogP contribution in [-0.4, -0.2) is 14.7 Å². The number of hydrogen-bond acceptors (Lipinski definition) is 3. The van der Waals surface area contributed by atoms with Crippen LogP contribution in [0.3, 0.4) is 0 Å². The second kappa shape index (κ2) is 5.54. The molecule has 2 aromatic rings. The van der Waals surface area contributed by atoms with Crippen LogP contribution in [0.2, 0.25) is 5.15 Å². The summed E-state index contributed by atoms with van der Waals surface area (Å²) in [6, 6.07) is 7.26. The van der Waals surface area contributed by atoms with Crippen molar-refractivity contribution in [3.63, 3.8) is 0 Å². The van der Waals surface area contributed by atoms with Gasteiger partial charge in [0.2, 0.25) is 10.8 Å². The van der Waals surface area contributed by atoms with Crippen LogP contribution >= 0.6 is 11.6 Å². The lowest BCUT2D eigenvalue weighted by atomic mass is 10.1. The van der Waals surface area contributed by atoms with Crippen LogP contribution < -0.4 is 0 Å². The van der Waals surface area contributed by atoms with Gasteiger partial charge in [-0.15, -0.1) is 0 Å². The van der Waals surface area contributed by atoms with Crippen molar-refractivity contribution in [1.82, 2.24) is 9.78 Å². The highest BCUT2D eigenvalue weighted by Crippen LogP contribution is 2.34. The van der Waals surface area contributed by atoms with Gasteiger partial charge in [0, 0.05) is 0 Å². The monoisotopic (exact) mass is 301 g/mol. The van der Waals surface area contributed by atoms with Crippen LogP contribution in [0.1, 0.15) is 23.2 Å². The highest BCUT2D eigenvalue weighted by atomic mass is 35.5. The van der Waals surface area contributed by atoms with E-state index in [0.29, 0.717) is 0 Å². The number of hydrogen-bond donors (Lipinski definition) is 0. The molecule has 0 saturated carbocycles. The first-order valence-electron chi connectivity index (χ1n) is 5.64. The molecule has 1 aromatic carbocycles. The minimum absolute atomic E-state index is 0.0913. The van der Waals surface area contributed by atoms with Crippen molar-refractivity contribution < 1.29 is 13.7 Å². The molecule has 0 aliphatic heterocycles. The number of alkyl halides is 2. The SMILES string of the molecule is Cc1cccc(Cn2nc(C(F)F)c([N+](=O)[O-])c2Cl)c1. The molecule has 20 heavy (non-hydrogen) atoms.